The number of carbonyl (C=O) groups excluding carboxylic acids is 1. The van der Waals surface area contributed by atoms with Crippen LogP contribution in [0.3, 0.4) is 0 Å². The van der Waals surface area contributed by atoms with Gasteiger partial charge in [0.05, 0.1) is 41.8 Å². The minimum absolute atomic E-state index is 0.0213. The van der Waals surface area contributed by atoms with Gasteiger partial charge in [0.2, 0.25) is 0 Å². The van der Waals surface area contributed by atoms with Crippen molar-refractivity contribution in [1.82, 2.24) is 29.5 Å². The van der Waals surface area contributed by atoms with Crippen LogP contribution in [-0.4, -0.2) is 55.1 Å². The van der Waals surface area contributed by atoms with Crippen molar-refractivity contribution in [2.75, 3.05) is 24.4 Å². The number of methoxy groups -OCH3 is 1. The lowest BCUT2D eigenvalue weighted by atomic mass is 9.89. The fourth-order valence-electron chi connectivity index (χ4n) is 4.84. The number of benzene rings is 1. The van der Waals surface area contributed by atoms with Crippen molar-refractivity contribution in [2.24, 2.45) is 7.05 Å². The van der Waals surface area contributed by atoms with Crippen LogP contribution in [0.25, 0.3) is 11.4 Å². The Labute approximate surface area is 227 Å². The van der Waals surface area contributed by atoms with Gasteiger partial charge in [-0.2, -0.15) is 10.2 Å². The monoisotopic (exact) mass is 530 g/mol. The van der Waals surface area contributed by atoms with Gasteiger partial charge in [0.1, 0.15) is 12.1 Å². The zero-order chi connectivity index (χ0) is 27.5. The Balaban J connectivity index is 1.42. The van der Waals surface area contributed by atoms with Crippen LogP contribution in [0.15, 0.2) is 42.9 Å². The zero-order valence-corrected chi connectivity index (χ0v) is 22.9. The molecule has 3 aromatic heterocycles. The lowest BCUT2D eigenvalue weighted by Gasteiger charge is -2.35. The second-order valence-electron chi connectivity index (χ2n) is 9.59. The van der Waals surface area contributed by atoms with Crippen molar-refractivity contribution in [2.45, 2.75) is 52.2 Å². The average Bonchev–Trinajstić information content (AvgIpc) is 3.50. The van der Waals surface area contributed by atoms with Crippen molar-refractivity contribution < 1.29 is 14.3 Å². The summed E-state index contributed by atoms with van der Waals surface area (Å²) in [5.74, 6) is 2.36. The van der Waals surface area contributed by atoms with Crippen molar-refractivity contribution in [3.63, 3.8) is 0 Å². The minimum atomic E-state index is -0.0213. The normalized spacial score (nSPS) is 16.5. The lowest BCUT2D eigenvalue weighted by molar-refractivity contribution is -0.0231. The molecule has 2 N–H and O–H groups in total. The van der Waals surface area contributed by atoms with Crippen molar-refractivity contribution in [1.29, 1.82) is 0 Å². The highest BCUT2D eigenvalue weighted by atomic mass is 16.5. The van der Waals surface area contributed by atoms with Crippen LogP contribution in [0.4, 0.5) is 23.0 Å². The van der Waals surface area contributed by atoms with E-state index in [0.29, 0.717) is 58.7 Å². The number of ketones is 1. The number of ether oxygens (including phenoxy) is 2. The third-order valence-corrected chi connectivity index (χ3v) is 6.85. The first-order chi connectivity index (χ1) is 18.9. The third-order valence-electron chi connectivity index (χ3n) is 6.85. The second kappa shape index (κ2) is 11.2. The third kappa shape index (κ3) is 5.49. The van der Waals surface area contributed by atoms with Gasteiger partial charge in [-0.05, 0) is 38.8 Å². The quantitative estimate of drug-likeness (QED) is 0.252. The van der Waals surface area contributed by atoms with E-state index in [1.807, 2.05) is 62.8 Å². The van der Waals surface area contributed by atoms with Crippen molar-refractivity contribution in [3.8, 4) is 17.1 Å². The molecule has 39 heavy (non-hydrogen) atoms. The number of carbonyl (C=O) groups is 1. The summed E-state index contributed by atoms with van der Waals surface area (Å²) in [6.07, 6.45) is 5.82. The molecule has 1 saturated carbocycles. The Hall–Kier alpha value is -4.25. The summed E-state index contributed by atoms with van der Waals surface area (Å²) in [5.41, 5.74) is 3.59. The van der Waals surface area contributed by atoms with E-state index >= 15 is 0 Å². The molecule has 3 heterocycles. The SMILES string of the molecule is CCOC1CC(n2nc(Nc3cc(Nc4cccc(-c5ncn(C)n5)c4OC)c(C(=O)CC)cn3)cc2C)C1. The molecule has 1 aromatic carbocycles. The molecule has 1 fully saturated rings. The highest BCUT2D eigenvalue weighted by Gasteiger charge is 2.32. The van der Waals surface area contributed by atoms with E-state index in [-0.39, 0.29) is 5.78 Å². The molecule has 0 saturated heterocycles. The van der Waals surface area contributed by atoms with E-state index in [4.69, 9.17) is 14.6 Å². The van der Waals surface area contributed by atoms with Gasteiger partial charge in [-0.1, -0.05) is 13.0 Å². The largest absolute Gasteiger partial charge is 0.494 e. The topological polar surface area (TPSA) is 121 Å². The van der Waals surface area contributed by atoms with Gasteiger partial charge in [-0.3, -0.25) is 14.2 Å². The Bertz CT molecular complexity index is 1470. The summed E-state index contributed by atoms with van der Waals surface area (Å²) in [7, 11) is 3.41. The fourth-order valence-corrected chi connectivity index (χ4v) is 4.84. The van der Waals surface area contributed by atoms with Crippen LogP contribution >= 0.6 is 0 Å². The van der Waals surface area contributed by atoms with Crippen LogP contribution in [0.1, 0.15) is 55.2 Å². The highest BCUT2D eigenvalue weighted by molar-refractivity contribution is 6.02. The van der Waals surface area contributed by atoms with E-state index in [9.17, 15) is 4.79 Å². The maximum Gasteiger partial charge on any atom is 0.184 e. The Kier molecular flexibility index (Phi) is 7.60. The predicted octanol–water partition coefficient (Wildman–Crippen LogP) is 5.21. The molecule has 0 radical (unpaired) electrons. The van der Waals surface area contributed by atoms with Gasteiger partial charge in [0.25, 0.3) is 0 Å². The number of aromatic nitrogens is 6. The Morgan fingerprint density at radius 1 is 1.08 bits per heavy atom. The number of nitrogens with one attached hydrogen (secondary N) is 2. The van der Waals surface area contributed by atoms with Gasteiger partial charge >= 0.3 is 0 Å². The first kappa shape index (κ1) is 26.4. The summed E-state index contributed by atoms with van der Waals surface area (Å²) in [6.45, 7) is 6.63. The maximum atomic E-state index is 12.8. The summed E-state index contributed by atoms with van der Waals surface area (Å²) in [5, 5.41) is 15.9. The van der Waals surface area contributed by atoms with Crippen LogP contribution in [0, 0.1) is 6.92 Å². The molecule has 0 amide bonds. The van der Waals surface area contributed by atoms with Gasteiger partial charge < -0.3 is 20.1 Å². The number of pyridine rings is 1. The van der Waals surface area contributed by atoms with Gasteiger partial charge in [-0.15, -0.1) is 0 Å². The molecule has 1 aliphatic carbocycles. The number of rotatable bonds is 11. The van der Waals surface area contributed by atoms with Gasteiger partial charge in [-0.25, -0.2) is 9.97 Å². The molecule has 11 heteroatoms. The van der Waals surface area contributed by atoms with E-state index in [1.54, 1.807) is 24.3 Å². The molecule has 5 rings (SSSR count). The molecule has 0 unspecified atom stereocenters. The van der Waals surface area contributed by atoms with Crippen LogP contribution in [0.2, 0.25) is 0 Å². The number of hydrogen-bond donors (Lipinski definition) is 2. The number of aryl methyl sites for hydroxylation is 2. The van der Waals surface area contributed by atoms with E-state index in [2.05, 4.69) is 25.7 Å². The number of anilines is 4. The molecular formula is C28H34N8O3. The highest BCUT2D eigenvalue weighted by Crippen LogP contribution is 2.38. The Morgan fingerprint density at radius 2 is 1.90 bits per heavy atom. The maximum absolute atomic E-state index is 12.8. The minimum Gasteiger partial charge on any atom is -0.494 e. The van der Waals surface area contributed by atoms with Crippen molar-refractivity contribution in [3.05, 3.63) is 54.1 Å². The average molecular weight is 531 g/mol. The second-order valence-corrected chi connectivity index (χ2v) is 9.59. The fraction of sp³-hybridized carbons (Fsp3) is 0.393. The zero-order valence-electron chi connectivity index (χ0n) is 22.9. The number of Topliss-reactive ketones (excluding diaryl/α,β-unsaturated/α-hetero) is 1. The summed E-state index contributed by atoms with van der Waals surface area (Å²) in [6, 6.07) is 9.83. The molecule has 0 spiro atoms. The first-order valence-electron chi connectivity index (χ1n) is 13.2. The molecule has 0 bridgehead atoms. The van der Waals surface area contributed by atoms with Crippen LogP contribution < -0.4 is 15.4 Å². The summed E-state index contributed by atoms with van der Waals surface area (Å²) >= 11 is 0. The smallest absolute Gasteiger partial charge is 0.184 e. The molecule has 0 atom stereocenters. The van der Waals surface area contributed by atoms with Crippen LogP contribution in [-0.2, 0) is 11.8 Å². The summed E-state index contributed by atoms with van der Waals surface area (Å²) < 4.78 is 15.1. The predicted molar refractivity (Wildman–Crippen MR) is 149 cm³/mol. The van der Waals surface area contributed by atoms with Gasteiger partial charge in [0.15, 0.2) is 23.2 Å². The number of nitrogens with zero attached hydrogens (tertiary/aromatic N) is 6. The van der Waals surface area contributed by atoms with Gasteiger partial charge in [0, 0.05) is 44.1 Å². The number of hydrogen-bond acceptors (Lipinski definition) is 9. The van der Waals surface area contributed by atoms with E-state index in [0.717, 1.165) is 30.7 Å². The molecule has 4 aromatic rings. The standard InChI is InChI=1S/C28H34N8O3/c1-6-24(37)21-15-29-25(32-26-11-17(3)36(33-26)18-12-19(13-18)39-7-2)14-23(21)31-22-10-8-9-20(27(22)38-5)28-30-16-35(4)34-28/h8-11,14-16,18-19H,6-7,12-13H2,1-5H3,(H2,29,31,32,33). The molecule has 11 nitrogen and oxygen atoms in total. The first-order valence-corrected chi connectivity index (χ1v) is 13.2. The van der Waals surface area contributed by atoms with E-state index in [1.165, 1.54) is 0 Å². The van der Waals surface area contributed by atoms with E-state index < -0.39 is 0 Å². The molecular weight excluding hydrogens is 496 g/mol. The molecule has 0 aliphatic heterocycles. The number of para-hydroxylation sites is 1. The van der Waals surface area contributed by atoms with Crippen molar-refractivity contribution >= 4 is 28.8 Å². The summed E-state index contributed by atoms with van der Waals surface area (Å²) in [4.78, 5) is 21.7. The lowest BCUT2D eigenvalue weighted by Crippen LogP contribution is -2.34. The molecule has 1 aliphatic rings. The molecule has 204 valence electrons. The Morgan fingerprint density at radius 3 is 2.59 bits per heavy atom. The van der Waals surface area contributed by atoms with Crippen LogP contribution in [0.5, 0.6) is 5.75 Å².